The Morgan fingerprint density at radius 3 is 2.66 bits per heavy atom. The van der Waals surface area contributed by atoms with Crippen LogP contribution in [0.5, 0.6) is 0 Å². The average Bonchev–Trinajstić information content (AvgIpc) is 3.28. The number of carbonyl (C=O) groups excluding carboxylic acids is 1. The molecule has 0 spiro atoms. The number of ether oxygens (including phenoxy) is 1. The van der Waals surface area contributed by atoms with Gasteiger partial charge in [-0.05, 0) is 53.9 Å². The Morgan fingerprint density at radius 1 is 1.03 bits per heavy atom. The quantitative estimate of drug-likeness (QED) is 0.441. The first-order valence-corrected chi connectivity index (χ1v) is 11.6. The third-order valence-electron chi connectivity index (χ3n) is 5.75. The zero-order valence-corrected chi connectivity index (χ0v) is 19.3. The van der Waals surface area contributed by atoms with E-state index in [1.54, 1.807) is 12.4 Å². The molecule has 1 saturated heterocycles. The van der Waals surface area contributed by atoms with Crippen LogP contribution in [-0.2, 0) is 11.3 Å². The number of urea groups is 1. The summed E-state index contributed by atoms with van der Waals surface area (Å²) in [5.74, 6) is 6.52. The highest BCUT2D eigenvalue weighted by molar-refractivity contribution is 5.89. The molecule has 0 saturated carbocycles. The molecule has 4 aromatic rings. The molecule has 0 unspecified atom stereocenters. The van der Waals surface area contributed by atoms with Gasteiger partial charge in [0.2, 0.25) is 0 Å². The van der Waals surface area contributed by atoms with Gasteiger partial charge in [-0.25, -0.2) is 9.48 Å². The van der Waals surface area contributed by atoms with Crippen LogP contribution < -0.4 is 10.6 Å². The maximum absolute atomic E-state index is 12.2. The van der Waals surface area contributed by atoms with Crippen molar-refractivity contribution < 1.29 is 9.53 Å². The van der Waals surface area contributed by atoms with E-state index >= 15 is 0 Å². The van der Waals surface area contributed by atoms with Crippen LogP contribution in [0.2, 0.25) is 0 Å². The van der Waals surface area contributed by atoms with Crippen molar-refractivity contribution in [2.24, 2.45) is 0 Å². The number of nitrogens with one attached hydrogen (secondary N) is 2. The first kappa shape index (κ1) is 22.6. The Kier molecular flexibility index (Phi) is 6.99. The standard InChI is InChI=1S/C27H26N6O2/c34-27(29-20-21-5-3-13-28-19-21)30-22-9-11-23(12-10-22)33-26-8-2-1-6-24(26)25(31-33)7-4-14-32-15-17-35-18-16-32/h1-3,5-6,8-13,19H,14-18,20H2,(H2,29,30,34). The normalized spacial score (nSPS) is 13.7. The predicted molar refractivity (Wildman–Crippen MR) is 135 cm³/mol. The second-order valence-electron chi connectivity index (χ2n) is 8.18. The number of rotatable bonds is 5. The van der Waals surface area contributed by atoms with Crippen molar-refractivity contribution in [3.8, 4) is 17.5 Å². The minimum Gasteiger partial charge on any atom is -0.379 e. The smallest absolute Gasteiger partial charge is 0.319 e. The van der Waals surface area contributed by atoms with Crippen LogP contribution in [0.1, 0.15) is 11.3 Å². The number of morpholine rings is 1. The number of pyridine rings is 1. The largest absolute Gasteiger partial charge is 0.379 e. The van der Waals surface area contributed by atoms with E-state index in [1.165, 1.54) is 0 Å². The van der Waals surface area contributed by atoms with E-state index in [-0.39, 0.29) is 6.03 Å². The fourth-order valence-electron chi connectivity index (χ4n) is 3.90. The molecule has 0 bridgehead atoms. The van der Waals surface area contributed by atoms with Gasteiger partial charge in [0.15, 0.2) is 0 Å². The lowest BCUT2D eigenvalue weighted by atomic mass is 10.2. The van der Waals surface area contributed by atoms with Gasteiger partial charge in [-0.2, -0.15) is 5.10 Å². The number of anilines is 1. The van der Waals surface area contributed by atoms with Crippen LogP contribution in [0.25, 0.3) is 16.6 Å². The Labute approximate surface area is 203 Å². The third-order valence-corrected chi connectivity index (χ3v) is 5.75. The summed E-state index contributed by atoms with van der Waals surface area (Å²) in [6, 6.07) is 19.1. The average molecular weight is 467 g/mol. The zero-order valence-electron chi connectivity index (χ0n) is 19.3. The Morgan fingerprint density at radius 2 is 1.86 bits per heavy atom. The maximum Gasteiger partial charge on any atom is 0.319 e. The number of amides is 2. The lowest BCUT2D eigenvalue weighted by Crippen LogP contribution is -2.36. The van der Waals surface area contributed by atoms with Crippen molar-refractivity contribution in [1.82, 2.24) is 25.0 Å². The molecule has 5 rings (SSSR count). The molecule has 8 nitrogen and oxygen atoms in total. The van der Waals surface area contributed by atoms with Crippen molar-refractivity contribution in [2.75, 3.05) is 38.2 Å². The molecule has 35 heavy (non-hydrogen) atoms. The molecule has 0 atom stereocenters. The van der Waals surface area contributed by atoms with Gasteiger partial charge in [-0.1, -0.05) is 24.1 Å². The molecular weight excluding hydrogens is 440 g/mol. The number of fused-ring (bicyclic) bond motifs is 1. The Hall–Kier alpha value is -4.19. The van der Waals surface area contributed by atoms with Gasteiger partial charge < -0.3 is 15.4 Å². The molecule has 1 aliphatic rings. The van der Waals surface area contributed by atoms with Gasteiger partial charge in [-0.3, -0.25) is 9.88 Å². The molecule has 176 valence electrons. The van der Waals surface area contributed by atoms with Gasteiger partial charge >= 0.3 is 6.03 Å². The predicted octanol–water partition coefficient (Wildman–Crippen LogP) is 3.43. The number of nitrogens with zero attached hydrogens (tertiary/aromatic N) is 4. The molecule has 8 heteroatoms. The van der Waals surface area contributed by atoms with Crippen molar-refractivity contribution in [3.63, 3.8) is 0 Å². The lowest BCUT2D eigenvalue weighted by Gasteiger charge is -2.24. The fraction of sp³-hybridized carbons (Fsp3) is 0.222. The van der Waals surface area contributed by atoms with Crippen LogP contribution in [0, 0.1) is 11.8 Å². The summed E-state index contributed by atoms with van der Waals surface area (Å²) >= 11 is 0. The summed E-state index contributed by atoms with van der Waals surface area (Å²) in [7, 11) is 0. The van der Waals surface area contributed by atoms with Crippen LogP contribution in [0.3, 0.4) is 0 Å². The SMILES string of the molecule is O=C(NCc1cccnc1)Nc1ccc(-n2nc(C#CCN3CCOCC3)c3ccccc32)cc1. The monoisotopic (exact) mass is 466 g/mol. The number of hydrogen-bond donors (Lipinski definition) is 2. The highest BCUT2D eigenvalue weighted by atomic mass is 16.5. The van der Waals surface area contributed by atoms with Crippen molar-refractivity contribution >= 4 is 22.6 Å². The molecule has 0 radical (unpaired) electrons. The summed E-state index contributed by atoms with van der Waals surface area (Å²) in [5, 5.41) is 11.5. The molecule has 2 aromatic carbocycles. The van der Waals surface area contributed by atoms with Crippen molar-refractivity contribution in [2.45, 2.75) is 6.54 Å². The van der Waals surface area contributed by atoms with Crippen LogP contribution in [0.15, 0.2) is 73.1 Å². The second kappa shape index (κ2) is 10.8. The van der Waals surface area contributed by atoms with E-state index < -0.39 is 0 Å². The topological polar surface area (TPSA) is 84.3 Å². The Bertz CT molecular complexity index is 1350. The van der Waals surface area contributed by atoms with E-state index in [4.69, 9.17) is 9.84 Å². The summed E-state index contributed by atoms with van der Waals surface area (Å²) in [6.07, 6.45) is 3.43. The van der Waals surface area contributed by atoms with Gasteiger partial charge in [0.1, 0.15) is 5.69 Å². The summed E-state index contributed by atoms with van der Waals surface area (Å²) in [4.78, 5) is 18.6. The van der Waals surface area contributed by atoms with Crippen LogP contribution in [-0.4, -0.2) is 58.5 Å². The molecule has 2 N–H and O–H groups in total. The minimum atomic E-state index is -0.274. The van der Waals surface area contributed by atoms with Crippen molar-refractivity contribution in [1.29, 1.82) is 0 Å². The summed E-state index contributed by atoms with van der Waals surface area (Å²) in [6.45, 7) is 4.45. The number of hydrogen-bond acceptors (Lipinski definition) is 5. The van der Waals surface area contributed by atoms with Gasteiger partial charge in [-0.15, -0.1) is 0 Å². The maximum atomic E-state index is 12.2. The van der Waals surface area contributed by atoms with E-state index in [9.17, 15) is 4.79 Å². The van der Waals surface area contributed by atoms with E-state index in [0.29, 0.717) is 18.8 Å². The number of benzene rings is 2. The van der Waals surface area contributed by atoms with E-state index in [1.807, 2.05) is 65.3 Å². The highest BCUT2D eigenvalue weighted by Gasteiger charge is 2.11. The molecule has 2 aromatic heterocycles. The molecule has 3 heterocycles. The Balaban J connectivity index is 1.28. The van der Waals surface area contributed by atoms with Gasteiger partial charge in [0.25, 0.3) is 0 Å². The van der Waals surface area contributed by atoms with Gasteiger partial charge in [0.05, 0.1) is 31.0 Å². The van der Waals surface area contributed by atoms with Crippen LogP contribution in [0.4, 0.5) is 10.5 Å². The second-order valence-corrected chi connectivity index (χ2v) is 8.18. The molecule has 1 fully saturated rings. The van der Waals surface area contributed by atoms with E-state index in [0.717, 1.165) is 54.2 Å². The number of carbonyl (C=O) groups is 1. The first-order valence-electron chi connectivity index (χ1n) is 11.6. The first-order chi connectivity index (χ1) is 17.3. The minimum absolute atomic E-state index is 0.274. The fourth-order valence-corrected chi connectivity index (χ4v) is 3.90. The zero-order chi connectivity index (χ0) is 23.9. The molecular formula is C27H26N6O2. The summed E-state index contributed by atoms with van der Waals surface area (Å²) in [5.41, 5.74) is 4.26. The van der Waals surface area contributed by atoms with Gasteiger partial charge in [0, 0.05) is 43.1 Å². The third kappa shape index (κ3) is 5.66. The highest BCUT2D eigenvalue weighted by Crippen LogP contribution is 2.22. The van der Waals surface area contributed by atoms with Crippen molar-refractivity contribution in [3.05, 3.63) is 84.3 Å². The van der Waals surface area contributed by atoms with Crippen LogP contribution >= 0.6 is 0 Å². The lowest BCUT2D eigenvalue weighted by molar-refractivity contribution is 0.0443. The number of aromatic nitrogens is 3. The molecule has 1 aliphatic heterocycles. The van der Waals surface area contributed by atoms with E-state index in [2.05, 4.69) is 32.4 Å². The number of para-hydroxylation sites is 1. The molecule has 0 aliphatic carbocycles. The summed E-state index contributed by atoms with van der Waals surface area (Å²) < 4.78 is 7.29. The molecule has 2 amide bonds.